The van der Waals surface area contributed by atoms with Crippen LogP contribution in [0.15, 0.2) is 56.6 Å². The molecule has 1 fully saturated rings. The van der Waals surface area contributed by atoms with Gasteiger partial charge in [-0.1, -0.05) is 12.1 Å². The zero-order valence-electron chi connectivity index (χ0n) is 14.4. The molecule has 0 atom stereocenters. The minimum Gasteiger partial charge on any atom is -0.450 e. The van der Waals surface area contributed by atoms with Crippen LogP contribution < -0.4 is 0 Å². The highest BCUT2D eigenvalue weighted by atomic mass is 32.2. The quantitative estimate of drug-likeness (QED) is 0.552. The zero-order valence-corrected chi connectivity index (χ0v) is 15.2. The normalized spacial score (nSPS) is 15.2. The lowest BCUT2D eigenvalue weighted by atomic mass is 10.1. The molecular weight excluding hydrogens is 368 g/mol. The summed E-state index contributed by atoms with van der Waals surface area (Å²) in [6.45, 7) is 0. The van der Waals surface area contributed by atoms with Crippen molar-refractivity contribution in [1.82, 2.24) is 19.8 Å². The molecule has 0 aliphatic carbocycles. The number of nitrogens with one attached hydrogen (secondary N) is 1. The average molecular weight is 382 g/mol. The molecule has 0 unspecified atom stereocenters. The molecule has 0 radical (unpaired) electrons. The SMILES string of the molecule is CN1C(=O)C(=Cc2ccc(Sc3nc4ccccc4[nH]3)o2)C(=O)N(C)C1=O. The molecule has 4 amide bonds. The average Bonchev–Trinajstić information content (AvgIpc) is 3.28. The van der Waals surface area contributed by atoms with Gasteiger partial charge in [0.25, 0.3) is 11.8 Å². The van der Waals surface area contributed by atoms with Crippen LogP contribution in [-0.4, -0.2) is 51.7 Å². The van der Waals surface area contributed by atoms with Gasteiger partial charge in [-0.15, -0.1) is 0 Å². The number of benzene rings is 1. The Morgan fingerprint density at radius 3 is 2.44 bits per heavy atom. The molecule has 3 aromatic rings. The Morgan fingerprint density at radius 2 is 1.74 bits per heavy atom. The highest BCUT2D eigenvalue weighted by molar-refractivity contribution is 7.99. The summed E-state index contributed by atoms with van der Waals surface area (Å²) < 4.78 is 5.68. The number of aromatic amines is 1. The van der Waals surface area contributed by atoms with Gasteiger partial charge in [0.1, 0.15) is 11.3 Å². The third kappa shape index (κ3) is 3.02. The Kier molecular flexibility index (Phi) is 4.08. The molecule has 1 aliphatic heterocycles. The van der Waals surface area contributed by atoms with Gasteiger partial charge in [0.2, 0.25) is 0 Å². The molecule has 0 saturated carbocycles. The number of nitrogens with zero attached hydrogens (tertiary/aromatic N) is 3. The Bertz CT molecular complexity index is 1050. The molecule has 1 N–H and O–H groups in total. The second kappa shape index (κ2) is 6.44. The maximum Gasteiger partial charge on any atom is 0.333 e. The van der Waals surface area contributed by atoms with Crippen molar-refractivity contribution in [2.45, 2.75) is 10.2 Å². The van der Waals surface area contributed by atoms with Crippen LogP contribution in [0.5, 0.6) is 0 Å². The van der Waals surface area contributed by atoms with Gasteiger partial charge in [0.05, 0.1) is 11.0 Å². The van der Waals surface area contributed by atoms with E-state index in [1.54, 1.807) is 12.1 Å². The molecular formula is C18H14N4O4S. The lowest BCUT2D eigenvalue weighted by molar-refractivity contribution is -0.134. The van der Waals surface area contributed by atoms with Crippen molar-refractivity contribution >= 4 is 46.7 Å². The van der Waals surface area contributed by atoms with Crippen molar-refractivity contribution < 1.29 is 18.8 Å². The fourth-order valence-electron chi connectivity index (χ4n) is 2.66. The number of H-pyrrole nitrogens is 1. The Hall–Kier alpha value is -3.33. The molecule has 1 aromatic carbocycles. The number of hydrogen-bond donors (Lipinski definition) is 1. The number of urea groups is 1. The van der Waals surface area contributed by atoms with Crippen molar-refractivity contribution in [1.29, 1.82) is 0 Å². The third-order valence-electron chi connectivity index (χ3n) is 4.10. The number of rotatable bonds is 3. The van der Waals surface area contributed by atoms with E-state index >= 15 is 0 Å². The molecule has 136 valence electrons. The molecule has 27 heavy (non-hydrogen) atoms. The number of amides is 4. The van der Waals surface area contributed by atoms with Crippen LogP contribution in [0.3, 0.4) is 0 Å². The fraction of sp³-hybridized carbons (Fsp3) is 0.111. The van der Waals surface area contributed by atoms with Crippen molar-refractivity contribution in [3.05, 3.63) is 47.7 Å². The van der Waals surface area contributed by atoms with E-state index in [4.69, 9.17) is 4.42 Å². The standard InChI is InChI=1S/C18H14N4O4S/c1-21-15(23)11(16(24)22(2)18(21)25)9-10-7-8-14(26-10)27-17-19-12-5-3-4-6-13(12)20-17/h3-9H,1-2H3,(H,19,20). The Morgan fingerprint density at radius 1 is 1.04 bits per heavy atom. The highest BCUT2D eigenvalue weighted by Crippen LogP contribution is 2.30. The minimum atomic E-state index is -0.664. The number of hydrogen-bond acceptors (Lipinski definition) is 6. The first kappa shape index (κ1) is 17.1. The summed E-state index contributed by atoms with van der Waals surface area (Å²) in [5.74, 6) is -0.988. The number of imidazole rings is 1. The smallest absolute Gasteiger partial charge is 0.333 e. The third-order valence-corrected chi connectivity index (χ3v) is 4.90. The molecule has 8 nitrogen and oxygen atoms in total. The monoisotopic (exact) mass is 382 g/mol. The zero-order chi connectivity index (χ0) is 19.1. The van der Waals surface area contributed by atoms with E-state index in [-0.39, 0.29) is 5.57 Å². The van der Waals surface area contributed by atoms with Crippen LogP contribution in [0.2, 0.25) is 0 Å². The van der Waals surface area contributed by atoms with Crippen LogP contribution >= 0.6 is 11.8 Å². The first-order valence-corrected chi connectivity index (χ1v) is 8.80. The van der Waals surface area contributed by atoms with Crippen LogP contribution in [0.25, 0.3) is 17.1 Å². The molecule has 0 bridgehead atoms. The number of carbonyl (C=O) groups is 3. The number of fused-ring (bicyclic) bond motifs is 1. The lowest BCUT2D eigenvalue weighted by Gasteiger charge is -2.28. The maximum atomic E-state index is 12.2. The van der Waals surface area contributed by atoms with Gasteiger partial charge in [-0.25, -0.2) is 9.78 Å². The second-order valence-corrected chi connectivity index (χ2v) is 6.88. The molecule has 3 heterocycles. The van der Waals surface area contributed by atoms with E-state index in [0.29, 0.717) is 16.0 Å². The van der Waals surface area contributed by atoms with Crippen molar-refractivity contribution in [2.75, 3.05) is 14.1 Å². The van der Waals surface area contributed by atoms with Gasteiger partial charge in [-0.05, 0) is 42.1 Å². The predicted octanol–water partition coefficient (Wildman–Crippen LogP) is 2.74. The summed E-state index contributed by atoms with van der Waals surface area (Å²) in [4.78, 5) is 45.6. The number of barbiturate groups is 1. The van der Waals surface area contributed by atoms with Gasteiger partial charge in [0, 0.05) is 14.1 Å². The van der Waals surface area contributed by atoms with Crippen LogP contribution in [0.1, 0.15) is 5.76 Å². The van der Waals surface area contributed by atoms with Crippen LogP contribution in [0.4, 0.5) is 4.79 Å². The number of imide groups is 2. The van der Waals surface area contributed by atoms with E-state index in [1.165, 1.54) is 31.9 Å². The predicted molar refractivity (Wildman–Crippen MR) is 97.8 cm³/mol. The van der Waals surface area contributed by atoms with Gasteiger partial charge in [-0.2, -0.15) is 0 Å². The summed E-state index contributed by atoms with van der Waals surface area (Å²) >= 11 is 1.29. The fourth-order valence-corrected chi connectivity index (χ4v) is 3.43. The summed E-state index contributed by atoms with van der Waals surface area (Å²) in [5, 5.41) is 1.22. The number of furan rings is 1. The van der Waals surface area contributed by atoms with E-state index < -0.39 is 17.8 Å². The van der Waals surface area contributed by atoms with E-state index in [0.717, 1.165) is 20.8 Å². The summed E-state index contributed by atoms with van der Waals surface area (Å²) in [6.07, 6.45) is 1.34. The van der Waals surface area contributed by atoms with E-state index in [1.807, 2.05) is 24.3 Å². The Balaban J connectivity index is 1.58. The number of para-hydroxylation sites is 2. The molecule has 4 rings (SSSR count). The van der Waals surface area contributed by atoms with Gasteiger partial charge < -0.3 is 9.40 Å². The summed E-state index contributed by atoms with van der Waals surface area (Å²) in [6, 6.07) is 10.4. The summed E-state index contributed by atoms with van der Waals surface area (Å²) in [5.41, 5.74) is 1.64. The van der Waals surface area contributed by atoms with Crippen LogP contribution in [-0.2, 0) is 9.59 Å². The first-order valence-electron chi connectivity index (χ1n) is 7.98. The van der Waals surface area contributed by atoms with Gasteiger partial charge in [0.15, 0.2) is 10.2 Å². The van der Waals surface area contributed by atoms with E-state index in [9.17, 15) is 14.4 Å². The van der Waals surface area contributed by atoms with Crippen molar-refractivity contribution in [3.63, 3.8) is 0 Å². The molecule has 1 aliphatic rings. The maximum absolute atomic E-state index is 12.2. The Labute approximate surface area is 157 Å². The molecule has 0 spiro atoms. The number of carbonyl (C=O) groups excluding carboxylic acids is 3. The largest absolute Gasteiger partial charge is 0.450 e. The number of likely N-dealkylation sites (N-methyl/N-ethyl adjacent to an activating group) is 2. The van der Waals surface area contributed by atoms with Crippen molar-refractivity contribution in [3.8, 4) is 0 Å². The molecule has 1 saturated heterocycles. The number of aromatic nitrogens is 2. The summed E-state index contributed by atoms with van der Waals surface area (Å²) in [7, 11) is 2.65. The van der Waals surface area contributed by atoms with Crippen molar-refractivity contribution in [2.24, 2.45) is 0 Å². The molecule has 9 heteroatoms. The second-order valence-electron chi connectivity index (χ2n) is 5.89. The van der Waals surface area contributed by atoms with Gasteiger partial charge in [-0.3, -0.25) is 19.4 Å². The highest BCUT2D eigenvalue weighted by Gasteiger charge is 2.38. The first-order chi connectivity index (χ1) is 12.9. The lowest BCUT2D eigenvalue weighted by Crippen LogP contribution is -2.52. The topological polar surface area (TPSA) is 99.5 Å². The minimum absolute atomic E-state index is 0.130. The van der Waals surface area contributed by atoms with E-state index in [2.05, 4.69) is 9.97 Å². The van der Waals surface area contributed by atoms with Crippen LogP contribution in [0, 0.1) is 0 Å². The van der Waals surface area contributed by atoms with Gasteiger partial charge >= 0.3 is 6.03 Å². The molecule has 2 aromatic heterocycles.